The number of nitriles is 1. The van der Waals surface area contributed by atoms with Crippen LogP contribution in [0.2, 0.25) is 0 Å². The van der Waals surface area contributed by atoms with Gasteiger partial charge in [0.05, 0.1) is 31.3 Å². The molecule has 1 amide bonds. The third-order valence-electron chi connectivity index (χ3n) is 9.31. The zero-order valence-electron chi connectivity index (χ0n) is 26.0. The average Bonchev–Trinajstić information content (AvgIpc) is 3.25. The van der Waals surface area contributed by atoms with Crippen LogP contribution in [0.4, 0.5) is 4.79 Å². The Balaban J connectivity index is 1.31. The summed E-state index contributed by atoms with van der Waals surface area (Å²) in [5.74, 6) is 0.385. The first-order chi connectivity index (χ1) is 20.2. The number of hydrogen-bond donors (Lipinski definition) is 2. The van der Waals surface area contributed by atoms with Gasteiger partial charge < -0.3 is 19.3 Å². The van der Waals surface area contributed by atoms with Crippen molar-refractivity contribution in [2.45, 2.75) is 95.7 Å². The van der Waals surface area contributed by atoms with E-state index in [4.69, 9.17) is 9.47 Å². The van der Waals surface area contributed by atoms with Crippen LogP contribution in [0.3, 0.4) is 0 Å². The number of nitrogens with zero attached hydrogens (tertiary/aromatic N) is 5. The Labute approximate surface area is 252 Å². The molecule has 5 rings (SSSR count). The summed E-state index contributed by atoms with van der Waals surface area (Å²) in [6.07, 6.45) is 4.44. The molecule has 1 aromatic carbocycles. The molecule has 0 bridgehead atoms. The van der Waals surface area contributed by atoms with E-state index in [1.54, 1.807) is 4.90 Å². The second-order valence-electron chi connectivity index (χ2n) is 13.6. The minimum Gasteiger partial charge on any atom is -0.444 e. The minimum atomic E-state index is -0.570. The summed E-state index contributed by atoms with van der Waals surface area (Å²) in [4.78, 5) is 22.3. The molecule has 232 valence electrons. The molecule has 1 aromatic rings. The number of nitrogens with one attached hydrogen (secondary N) is 2. The zero-order valence-corrected chi connectivity index (χ0v) is 26.0. The topological polar surface area (TPSA) is 96.3 Å². The maximum absolute atomic E-state index is 13.1. The lowest BCUT2D eigenvalue weighted by Gasteiger charge is -2.51. The van der Waals surface area contributed by atoms with Gasteiger partial charge in [0.25, 0.3) is 0 Å². The Morgan fingerprint density at radius 2 is 1.81 bits per heavy atom. The van der Waals surface area contributed by atoms with Crippen molar-refractivity contribution in [3.63, 3.8) is 0 Å². The van der Waals surface area contributed by atoms with Gasteiger partial charge in [-0.05, 0) is 72.2 Å². The van der Waals surface area contributed by atoms with E-state index >= 15 is 0 Å². The lowest BCUT2D eigenvalue weighted by molar-refractivity contribution is -0.0999. The molecule has 2 N–H and O–H groups in total. The van der Waals surface area contributed by atoms with Gasteiger partial charge >= 0.3 is 6.09 Å². The van der Waals surface area contributed by atoms with Crippen molar-refractivity contribution >= 4 is 6.09 Å². The van der Waals surface area contributed by atoms with E-state index in [0.29, 0.717) is 31.7 Å². The quantitative estimate of drug-likeness (QED) is 0.504. The van der Waals surface area contributed by atoms with E-state index in [1.807, 2.05) is 20.8 Å². The van der Waals surface area contributed by atoms with Gasteiger partial charge in [0.1, 0.15) is 5.60 Å². The van der Waals surface area contributed by atoms with Crippen molar-refractivity contribution in [3.05, 3.63) is 35.9 Å². The molecule has 4 aliphatic rings. The number of rotatable bonds is 7. The summed E-state index contributed by atoms with van der Waals surface area (Å²) in [7, 11) is 2.19. The Morgan fingerprint density at radius 1 is 1.02 bits per heavy atom. The van der Waals surface area contributed by atoms with Crippen LogP contribution in [0, 0.1) is 17.2 Å². The minimum absolute atomic E-state index is 0.0983. The predicted octanol–water partition coefficient (Wildman–Crippen LogP) is 3.02. The summed E-state index contributed by atoms with van der Waals surface area (Å²) >= 11 is 0. The molecule has 0 saturated carbocycles. The molecule has 4 saturated heterocycles. The highest BCUT2D eigenvalue weighted by atomic mass is 16.6. The second-order valence-corrected chi connectivity index (χ2v) is 13.6. The third kappa shape index (κ3) is 8.01. The van der Waals surface area contributed by atoms with Crippen molar-refractivity contribution in [1.82, 2.24) is 30.2 Å². The van der Waals surface area contributed by atoms with Gasteiger partial charge in [0.15, 0.2) is 6.35 Å². The normalized spacial score (nSPS) is 31.7. The number of amides is 1. The summed E-state index contributed by atoms with van der Waals surface area (Å²) in [5.41, 5.74) is 0.773. The molecule has 42 heavy (non-hydrogen) atoms. The standard InChI is InChI=1S/C32H51N7O3/c1-32(2,3)42-31(40)39-19-18-38(21-25(39)14-15-33)29-27-13-9-17-37(20-24-10-6-5-7-11-24)22-28(27)34-30(35-29)41-23-26-12-8-16-36(26)4/h5-7,10-11,25-30,34-35H,8-9,12-14,16-23H2,1-4H3/t25?,26-,27?,28?,29?,30?/m0/s1. The molecular weight excluding hydrogens is 530 g/mol. The Hall–Kier alpha value is -2.26. The molecule has 5 unspecified atom stereocenters. The number of piperazine rings is 1. The fraction of sp³-hybridized carbons (Fsp3) is 0.750. The van der Waals surface area contributed by atoms with Crippen LogP contribution in [0.5, 0.6) is 0 Å². The molecule has 6 atom stereocenters. The molecule has 0 radical (unpaired) electrons. The number of likely N-dealkylation sites (N-methyl/N-ethyl adjacent to an activating group) is 1. The Morgan fingerprint density at radius 3 is 2.52 bits per heavy atom. The number of likely N-dealkylation sites (tertiary alicyclic amines) is 2. The highest BCUT2D eigenvalue weighted by Crippen LogP contribution is 2.30. The summed E-state index contributed by atoms with van der Waals surface area (Å²) in [6, 6.07) is 13.6. The smallest absolute Gasteiger partial charge is 0.410 e. The predicted molar refractivity (Wildman–Crippen MR) is 162 cm³/mol. The number of carbonyl (C=O) groups is 1. The van der Waals surface area contributed by atoms with Crippen LogP contribution >= 0.6 is 0 Å². The van der Waals surface area contributed by atoms with E-state index < -0.39 is 5.60 Å². The van der Waals surface area contributed by atoms with E-state index in [2.05, 4.69) is 68.8 Å². The summed E-state index contributed by atoms with van der Waals surface area (Å²) in [6.45, 7) is 12.4. The van der Waals surface area contributed by atoms with Gasteiger partial charge in [0, 0.05) is 50.7 Å². The van der Waals surface area contributed by atoms with Gasteiger partial charge in [-0.1, -0.05) is 30.3 Å². The molecule has 10 nitrogen and oxygen atoms in total. The molecule has 0 spiro atoms. The first kappa shape index (κ1) is 31.2. The number of benzene rings is 1. The summed E-state index contributed by atoms with van der Waals surface area (Å²) in [5, 5.41) is 17.3. The maximum Gasteiger partial charge on any atom is 0.410 e. The largest absolute Gasteiger partial charge is 0.444 e. The third-order valence-corrected chi connectivity index (χ3v) is 9.31. The maximum atomic E-state index is 13.1. The molecule has 4 heterocycles. The number of ether oxygens (including phenoxy) is 2. The molecule has 0 aromatic heterocycles. The molecular formula is C32H51N7O3. The highest BCUT2D eigenvalue weighted by Gasteiger charge is 2.45. The van der Waals surface area contributed by atoms with Crippen LogP contribution in [-0.4, -0.2) is 115 Å². The first-order valence-electron chi connectivity index (χ1n) is 15.9. The Bertz CT molecular complexity index is 1060. The highest BCUT2D eigenvalue weighted by molar-refractivity contribution is 5.68. The Kier molecular flexibility index (Phi) is 10.4. The van der Waals surface area contributed by atoms with Gasteiger partial charge in [-0.2, -0.15) is 5.26 Å². The monoisotopic (exact) mass is 581 g/mol. The number of hydrogen-bond acceptors (Lipinski definition) is 9. The van der Waals surface area contributed by atoms with Crippen molar-refractivity contribution in [3.8, 4) is 6.07 Å². The zero-order chi connectivity index (χ0) is 29.7. The number of fused-ring (bicyclic) bond motifs is 1. The van der Waals surface area contributed by atoms with Crippen molar-refractivity contribution < 1.29 is 14.3 Å². The van der Waals surface area contributed by atoms with Crippen LogP contribution in [-0.2, 0) is 16.0 Å². The summed E-state index contributed by atoms with van der Waals surface area (Å²) < 4.78 is 12.3. The lowest BCUT2D eigenvalue weighted by Crippen LogP contribution is -2.72. The van der Waals surface area contributed by atoms with Crippen molar-refractivity contribution in [1.29, 1.82) is 5.26 Å². The van der Waals surface area contributed by atoms with Crippen molar-refractivity contribution in [2.75, 3.05) is 52.9 Å². The van der Waals surface area contributed by atoms with E-state index in [0.717, 1.165) is 45.6 Å². The second kappa shape index (κ2) is 14.0. The van der Waals surface area contributed by atoms with Crippen LogP contribution in [0.1, 0.15) is 58.4 Å². The van der Waals surface area contributed by atoms with Crippen LogP contribution in [0.15, 0.2) is 30.3 Å². The molecule has 0 aliphatic carbocycles. The molecule has 4 aliphatic heterocycles. The number of carbonyl (C=O) groups excluding carboxylic acids is 1. The molecule has 10 heteroatoms. The van der Waals surface area contributed by atoms with Crippen molar-refractivity contribution in [2.24, 2.45) is 5.92 Å². The van der Waals surface area contributed by atoms with Gasteiger partial charge in [0.2, 0.25) is 0 Å². The van der Waals surface area contributed by atoms with Gasteiger partial charge in [-0.25, -0.2) is 4.79 Å². The fourth-order valence-corrected chi connectivity index (χ4v) is 7.16. The van der Waals surface area contributed by atoms with Crippen LogP contribution < -0.4 is 10.6 Å². The fourth-order valence-electron chi connectivity index (χ4n) is 7.16. The van der Waals surface area contributed by atoms with Gasteiger partial charge in [-0.3, -0.25) is 20.4 Å². The molecule has 4 fully saturated rings. The van der Waals surface area contributed by atoms with Crippen LogP contribution in [0.25, 0.3) is 0 Å². The first-order valence-corrected chi connectivity index (χ1v) is 15.9. The van der Waals surface area contributed by atoms with Gasteiger partial charge in [-0.15, -0.1) is 0 Å². The average molecular weight is 582 g/mol. The lowest BCUT2D eigenvalue weighted by atomic mass is 9.89. The van der Waals surface area contributed by atoms with E-state index in [9.17, 15) is 10.1 Å². The SMILES string of the molecule is CN1CCC[C@H]1COC1NC2CN(Cc3ccccc3)CCCC2C(N2CCN(C(=O)OC(C)(C)C)C(CC#N)C2)N1. The van der Waals surface area contributed by atoms with E-state index in [-0.39, 0.29) is 37.1 Å². The van der Waals surface area contributed by atoms with E-state index in [1.165, 1.54) is 18.4 Å².